The van der Waals surface area contributed by atoms with Gasteiger partial charge in [0.25, 0.3) is 11.9 Å². The van der Waals surface area contributed by atoms with Crippen LogP contribution in [0.1, 0.15) is 0 Å². The highest BCUT2D eigenvalue weighted by Gasteiger charge is 2.00. The second-order valence-corrected chi connectivity index (χ2v) is 7.24. The van der Waals surface area contributed by atoms with Crippen molar-refractivity contribution in [1.82, 2.24) is 50.4 Å². The van der Waals surface area contributed by atoms with E-state index in [4.69, 9.17) is 17.3 Å². The van der Waals surface area contributed by atoms with E-state index in [2.05, 4.69) is 78.0 Å². The van der Waals surface area contributed by atoms with E-state index >= 15 is 0 Å². The molecule has 0 aliphatic carbocycles. The van der Waals surface area contributed by atoms with Gasteiger partial charge in [0.15, 0.2) is 0 Å². The van der Waals surface area contributed by atoms with Gasteiger partial charge in [-0.1, -0.05) is 21.8 Å². The number of nitrogens with zero attached hydrogens (tertiary/aromatic N) is 10. The molecular formula is C14H15Br2ClN12. The van der Waals surface area contributed by atoms with Crippen molar-refractivity contribution in [2.75, 3.05) is 11.1 Å². The number of aryl methyl sites for hydroxylation is 2. The van der Waals surface area contributed by atoms with Gasteiger partial charge in [-0.25, -0.2) is 9.97 Å². The molecule has 0 amide bonds. The van der Waals surface area contributed by atoms with Crippen LogP contribution in [0.25, 0.3) is 0 Å². The van der Waals surface area contributed by atoms with Crippen molar-refractivity contribution in [3.05, 3.63) is 50.8 Å². The van der Waals surface area contributed by atoms with Crippen molar-refractivity contribution < 1.29 is 0 Å². The fraction of sp³-hybridized carbons (Fsp3) is 0.143. The van der Waals surface area contributed by atoms with Crippen molar-refractivity contribution in [3.63, 3.8) is 0 Å². The average Bonchev–Trinajstić information content (AvgIpc) is 3.27. The summed E-state index contributed by atoms with van der Waals surface area (Å²) in [6.07, 6.45) is 3.35. The van der Waals surface area contributed by atoms with Gasteiger partial charge in [-0.15, -0.1) is 10.2 Å². The number of halogens is 3. The maximum atomic E-state index is 5.48. The molecule has 0 unspecified atom stereocenters. The van der Waals surface area contributed by atoms with E-state index < -0.39 is 0 Å². The van der Waals surface area contributed by atoms with Crippen LogP contribution in [0.2, 0.25) is 5.15 Å². The monoisotopic (exact) mass is 544 g/mol. The molecule has 0 aliphatic rings. The summed E-state index contributed by atoms with van der Waals surface area (Å²) in [5.41, 5.74) is 5.07. The van der Waals surface area contributed by atoms with E-state index in [0.717, 1.165) is 8.95 Å². The zero-order valence-corrected chi connectivity index (χ0v) is 19.1. The van der Waals surface area contributed by atoms with E-state index in [0.29, 0.717) is 16.9 Å². The second-order valence-electron chi connectivity index (χ2n) is 5.03. The van der Waals surface area contributed by atoms with Crippen LogP contribution < -0.4 is 11.1 Å². The van der Waals surface area contributed by atoms with Gasteiger partial charge in [0.1, 0.15) is 11.0 Å². The van der Waals surface area contributed by atoms with Crippen LogP contribution in [0.5, 0.6) is 0 Å². The zero-order chi connectivity index (χ0) is 21.2. The molecule has 4 rings (SSSR count). The van der Waals surface area contributed by atoms with Crippen LogP contribution in [0.4, 0.5) is 17.7 Å². The fourth-order valence-electron chi connectivity index (χ4n) is 1.56. The summed E-state index contributed by atoms with van der Waals surface area (Å²) >= 11 is 12.0. The molecule has 0 aliphatic heterocycles. The number of nitrogens with two attached hydrogens (primary N) is 1. The van der Waals surface area contributed by atoms with Gasteiger partial charge in [0.05, 0.1) is 14.1 Å². The number of nitrogen functional groups attached to an aromatic ring is 1. The first-order valence-electron chi connectivity index (χ1n) is 7.71. The molecule has 15 heteroatoms. The van der Waals surface area contributed by atoms with Crippen LogP contribution >= 0.6 is 43.5 Å². The molecule has 0 saturated heterocycles. The lowest BCUT2D eigenvalue weighted by molar-refractivity contribution is 0.630. The maximum absolute atomic E-state index is 5.48. The predicted octanol–water partition coefficient (Wildman–Crippen LogP) is 2.40. The van der Waals surface area contributed by atoms with Crippen LogP contribution in [-0.4, -0.2) is 50.4 Å². The highest BCUT2D eigenvalue weighted by molar-refractivity contribution is 9.10. The molecule has 4 aromatic rings. The molecular weight excluding hydrogens is 531 g/mol. The molecule has 12 nitrogen and oxygen atoms in total. The highest BCUT2D eigenvalue weighted by atomic mass is 79.9. The van der Waals surface area contributed by atoms with E-state index in [1.165, 1.54) is 9.59 Å². The minimum Gasteiger partial charge on any atom is -0.365 e. The first-order chi connectivity index (χ1) is 13.8. The normalized spacial score (nSPS) is 9.69. The van der Waals surface area contributed by atoms with E-state index in [1.54, 1.807) is 32.6 Å². The number of hydrogen-bond donors (Lipinski definition) is 2. The summed E-state index contributed by atoms with van der Waals surface area (Å²) in [6.45, 7) is 0. The Morgan fingerprint density at radius 1 is 0.897 bits per heavy atom. The van der Waals surface area contributed by atoms with E-state index in [9.17, 15) is 0 Å². The Kier molecular flexibility index (Phi) is 8.82. The third-order valence-corrected chi connectivity index (χ3v) is 3.85. The lowest BCUT2D eigenvalue weighted by Gasteiger charge is -1.98. The van der Waals surface area contributed by atoms with Crippen LogP contribution in [-0.2, 0) is 14.1 Å². The van der Waals surface area contributed by atoms with Crippen molar-refractivity contribution >= 4 is 61.2 Å². The Bertz CT molecular complexity index is 965. The van der Waals surface area contributed by atoms with Crippen molar-refractivity contribution in [3.8, 4) is 0 Å². The molecule has 152 valence electrons. The Morgan fingerprint density at radius 3 is 1.90 bits per heavy atom. The van der Waals surface area contributed by atoms with Gasteiger partial charge < -0.3 is 11.1 Å². The quantitative estimate of drug-likeness (QED) is 0.359. The third-order valence-electron chi connectivity index (χ3n) is 2.69. The molecule has 0 spiro atoms. The summed E-state index contributed by atoms with van der Waals surface area (Å²) in [4.78, 5) is 10.6. The largest absolute Gasteiger partial charge is 0.365 e. The molecule has 3 N–H and O–H groups in total. The zero-order valence-electron chi connectivity index (χ0n) is 15.1. The van der Waals surface area contributed by atoms with Gasteiger partial charge in [0, 0.05) is 21.3 Å². The molecule has 4 aromatic heterocycles. The average molecular weight is 547 g/mol. The van der Waals surface area contributed by atoms with Gasteiger partial charge in [-0.3, -0.25) is 0 Å². The minimum absolute atomic E-state index is 0.211. The Balaban J connectivity index is 0.000000170. The number of nitrogens with one attached hydrogen (secondary N) is 1. The molecule has 0 bridgehead atoms. The molecule has 0 fully saturated rings. The van der Waals surface area contributed by atoms with Crippen LogP contribution in [0.15, 0.2) is 45.6 Å². The number of tetrazole rings is 2. The Morgan fingerprint density at radius 2 is 1.52 bits per heavy atom. The van der Waals surface area contributed by atoms with E-state index in [-0.39, 0.29) is 5.95 Å². The van der Waals surface area contributed by atoms with Crippen LogP contribution in [0.3, 0.4) is 0 Å². The lowest BCUT2D eigenvalue weighted by atomic mass is 10.5. The van der Waals surface area contributed by atoms with Crippen LogP contribution in [0, 0.1) is 0 Å². The number of rotatable bonds is 2. The number of pyridine rings is 2. The summed E-state index contributed by atoms with van der Waals surface area (Å²) < 4.78 is 1.87. The molecule has 0 atom stereocenters. The number of anilines is 3. The SMILES string of the molecule is Clc1ccc(Br)cn1.Cn1nnc(N)n1.Cn1nnc(Nc2ccc(Br)cn2)n1. The summed E-state index contributed by atoms with van der Waals surface area (Å²) in [6, 6.07) is 7.27. The summed E-state index contributed by atoms with van der Waals surface area (Å²) in [5, 5.41) is 25.3. The maximum Gasteiger partial charge on any atom is 0.268 e. The topological polar surface area (TPSA) is 151 Å². The molecule has 4 heterocycles. The van der Waals surface area contributed by atoms with Crippen molar-refractivity contribution in [2.24, 2.45) is 14.1 Å². The standard InChI is InChI=1S/C7H7BrN6.C5H3BrClN.C2H5N5/c1-14-12-7(11-13-14)10-6-3-2-5(8)4-9-6;6-4-1-2-5(7)8-3-4;1-7-5-2(3)4-6-7/h2-4H,1H3,(H,9,10,12);1-3H;1H3,(H2,3,5). The van der Waals surface area contributed by atoms with Gasteiger partial charge in [-0.2, -0.15) is 9.59 Å². The minimum atomic E-state index is 0.211. The Labute approximate surface area is 187 Å². The first-order valence-corrected chi connectivity index (χ1v) is 9.67. The van der Waals surface area contributed by atoms with Crippen molar-refractivity contribution in [2.45, 2.75) is 0 Å². The first kappa shape index (κ1) is 22.6. The lowest BCUT2D eigenvalue weighted by Crippen LogP contribution is -1.96. The second kappa shape index (κ2) is 11.3. The molecule has 0 saturated carbocycles. The third kappa shape index (κ3) is 8.89. The van der Waals surface area contributed by atoms with Gasteiger partial charge in [0.2, 0.25) is 0 Å². The summed E-state index contributed by atoms with van der Waals surface area (Å²) in [7, 11) is 3.36. The number of hydrogen-bond acceptors (Lipinski definition) is 10. The Hall–Kier alpha value is -2.71. The predicted molar refractivity (Wildman–Crippen MR) is 114 cm³/mol. The molecule has 29 heavy (non-hydrogen) atoms. The van der Waals surface area contributed by atoms with Gasteiger partial charge in [-0.05, 0) is 66.6 Å². The van der Waals surface area contributed by atoms with Gasteiger partial charge >= 0.3 is 0 Å². The van der Waals surface area contributed by atoms with E-state index in [1.807, 2.05) is 18.2 Å². The highest BCUT2D eigenvalue weighted by Crippen LogP contribution is 2.12. The molecule has 0 aromatic carbocycles. The number of aromatic nitrogens is 10. The molecule has 0 radical (unpaired) electrons. The smallest absolute Gasteiger partial charge is 0.268 e. The van der Waals surface area contributed by atoms with Crippen molar-refractivity contribution in [1.29, 1.82) is 0 Å². The summed E-state index contributed by atoms with van der Waals surface area (Å²) in [5.74, 6) is 1.33. The fourth-order valence-corrected chi connectivity index (χ4v) is 2.14.